The van der Waals surface area contributed by atoms with Gasteiger partial charge in [0.25, 0.3) is 5.56 Å². The van der Waals surface area contributed by atoms with Gasteiger partial charge in [0.2, 0.25) is 10.0 Å². The van der Waals surface area contributed by atoms with E-state index in [1.807, 2.05) is 0 Å². The molecule has 1 heterocycles. The Bertz CT molecular complexity index is 671. The first-order valence-corrected chi connectivity index (χ1v) is 8.88. The summed E-state index contributed by atoms with van der Waals surface area (Å²) in [4.78, 5) is 24.5. The van der Waals surface area contributed by atoms with E-state index in [-0.39, 0.29) is 24.8 Å². The third-order valence-electron chi connectivity index (χ3n) is 3.75. The molecule has 1 aromatic heterocycles. The fraction of sp³-hybridized carbons (Fsp3) is 0.692. The lowest BCUT2D eigenvalue weighted by molar-refractivity contribution is 0.384. The summed E-state index contributed by atoms with van der Waals surface area (Å²) in [5.41, 5.74) is -0.997. The molecule has 118 valence electrons. The molecule has 0 bridgehead atoms. The van der Waals surface area contributed by atoms with E-state index in [1.165, 1.54) is 23.3 Å². The molecule has 0 amide bonds. The summed E-state index contributed by atoms with van der Waals surface area (Å²) in [7, 11) is -3.31. The number of H-pyrrole nitrogens is 1. The van der Waals surface area contributed by atoms with Crippen molar-refractivity contribution in [2.75, 3.05) is 12.3 Å². The van der Waals surface area contributed by atoms with E-state index in [0.717, 1.165) is 25.7 Å². The topological polar surface area (TPSA) is 101 Å². The van der Waals surface area contributed by atoms with Gasteiger partial charge in [-0.3, -0.25) is 14.3 Å². The maximum atomic E-state index is 12.0. The first-order valence-electron chi connectivity index (χ1n) is 7.23. The van der Waals surface area contributed by atoms with E-state index >= 15 is 0 Å². The van der Waals surface area contributed by atoms with Crippen LogP contribution in [0.3, 0.4) is 0 Å². The zero-order valence-electron chi connectivity index (χ0n) is 11.9. The first-order chi connectivity index (χ1) is 9.96. The maximum absolute atomic E-state index is 12.0. The minimum absolute atomic E-state index is 0.140. The van der Waals surface area contributed by atoms with Crippen LogP contribution in [-0.2, 0) is 16.6 Å². The molecule has 0 aliphatic heterocycles. The third kappa shape index (κ3) is 5.13. The van der Waals surface area contributed by atoms with Crippen molar-refractivity contribution in [3.8, 4) is 0 Å². The number of nitrogens with one attached hydrogen (secondary N) is 2. The molecule has 0 radical (unpaired) electrons. The van der Waals surface area contributed by atoms with E-state index in [9.17, 15) is 18.0 Å². The number of nitrogens with zero attached hydrogens (tertiary/aromatic N) is 1. The van der Waals surface area contributed by atoms with Gasteiger partial charge < -0.3 is 0 Å². The van der Waals surface area contributed by atoms with Gasteiger partial charge in [0.15, 0.2) is 0 Å². The van der Waals surface area contributed by atoms with Gasteiger partial charge in [-0.25, -0.2) is 17.9 Å². The normalized spacial score (nSPS) is 17.0. The summed E-state index contributed by atoms with van der Waals surface area (Å²) in [6.07, 6.45) is 6.70. The zero-order chi connectivity index (χ0) is 15.3. The van der Waals surface area contributed by atoms with Crippen LogP contribution in [0.25, 0.3) is 0 Å². The predicted octanol–water partition coefficient (Wildman–Crippen LogP) is 0.0363. The average Bonchev–Trinajstić information content (AvgIpc) is 2.42. The Labute approximate surface area is 123 Å². The molecule has 0 aromatic carbocycles. The Morgan fingerprint density at radius 3 is 2.62 bits per heavy atom. The molecule has 1 aliphatic carbocycles. The van der Waals surface area contributed by atoms with Crippen molar-refractivity contribution in [1.82, 2.24) is 14.3 Å². The Hall–Kier alpha value is -1.41. The van der Waals surface area contributed by atoms with Gasteiger partial charge in [-0.1, -0.05) is 19.3 Å². The lowest BCUT2D eigenvalue weighted by Crippen LogP contribution is -2.36. The van der Waals surface area contributed by atoms with E-state index in [4.69, 9.17) is 0 Å². The molecule has 1 aromatic rings. The summed E-state index contributed by atoms with van der Waals surface area (Å²) in [6.45, 7) is 0.334. The second-order valence-corrected chi connectivity index (χ2v) is 7.33. The number of sulfonamides is 1. The lowest BCUT2D eigenvalue weighted by Gasteiger charge is -2.21. The molecule has 0 saturated heterocycles. The molecule has 0 unspecified atom stereocenters. The van der Waals surface area contributed by atoms with Crippen LogP contribution in [0.2, 0.25) is 0 Å². The molecule has 1 saturated carbocycles. The Balaban J connectivity index is 1.84. The van der Waals surface area contributed by atoms with Crippen molar-refractivity contribution in [2.45, 2.75) is 38.6 Å². The molecule has 21 heavy (non-hydrogen) atoms. The van der Waals surface area contributed by atoms with Crippen molar-refractivity contribution in [1.29, 1.82) is 0 Å². The average molecular weight is 315 g/mol. The van der Waals surface area contributed by atoms with Gasteiger partial charge in [0.05, 0.1) is 5.75 Å². The second-order valence-electron chi connectivity index (χ2n) is 5.48. The predicted molar refractivity (Wildman–Crippen MR) is 79.7 cm³/mol. The molecule has 1 fully saturated rings. The highest BCUT2D eigenvalue weighted by molar-refractivity contribution is 7.89. The van der Waals surface area contributed by atoms with E-state index < -0.39 is 21.3 Å². The highest BCUT2D eigenvalue weighted by Crippen LogP contribution is 2.24. The van der Waals surface area contributed by atoms with Crippen molar-refractivity contribution in [3.63, 3.8) is 0 Å². The molecule has 0 atom stereocenters. The highest BCUT2D eigenvalue weighted by atomic mass is 32.2. The van der Waals surface area contributed by atoms with Gasteiger partial charge in [-0.2, -0.15) is 0 Å². The molecule has 7 nitrogen and oxygen atoms in total. The summed E-state index contributed by atoms with van der Waals surface area (Å²) < 4.78 is 27.7. The smallest absolute Gasteiger partial charge is 0.299 e. The zero-order valence-corrected chi connectivity index (χ0v) is 12.7. The number of aromatic nitrogens is 2. The second kappa shape index (κ2) is 7.04. The summed E-state index contributed by atoms with van der Waals surface area (Å²) in [6, 6.07) is 1.23. The molecule has 8 heteroatoms. The molecule has 1 aliphatic rings. The van der Waals surface area contributed by atoms with Gasteiger partial charge in [0.1, 0.15) is 0 Å². The Kier molecular flexibility index (Phi) is 5.35. The maximum Gasteiger partial charge on any atom is 0.328 e. The minimum Gasteiger partial charge on any atom is -0.299 e. The molecule has 2 rings (SSSR count). The Morgan fingerprint density at radius 1 is 1.24 bits per heavy atom. The van der Waals surface area contributed by atoms with Gasteiger partial charge >= 0.3 is 5.69 Å². The highest BCUT2D eigenvalue weighted by Gasteiger charge is 2.20. The van der Waals surface area contributed by atoms with Crippen LogP contribution in [-0.4, -0.2) is 30.3 Å². The lowest BCUT2D eigenvalue weighted by atomic mass is 9.91. The summed E-state index contributed by atoms with van der Waals surface area (Å²) in [5, 5.41) is 0. The largest absolute Gasteiger partial charge is 0.328 e. The van der Waals surface area contributed by atoms with Crippen molar-refractivity contribution in [3.05, 3.63) is 33.1 Å². The fourth-order valence-electron chi connectivity index (χ4n) is 2.66. The molecule has 0 spiro atoms. The minimum atomic E-state index is -3.31. The van der Waals surface area contributed by atoms with Crippen LogP contribution in [0.15, 0.2) is 21.9 Å². The van der Waals surface area contributed by atoms with Crippen molar-refractivity contribution < 1.29 is 8.42 Å². The van der Waals surface area contributed by atoms with Crippen LogP contribution in [0, 0.1) is 5.92 Å². The van der Waals surface area contributed by atoms with Crippen LogP contribution in [0.5, 0.6) is 0 Å². The molecular weight excluding hydrogens is 294 g/mol. The first kappa shape index (κ1) is 16.0. The SMILES string of the molecule is O=c1ccn(CCNS(=O)(=O)CC2CCCCC2)c(=O)[nH]1. The third-order valence-corrected chi connectivity index (χ3v) is 5.31. The van der Waals surface area contributed by atoms with Crippen LogP contribution >= 0.6 is 0 Å². The van der Waals surface area contributed by atoms with Crippen LogP contribution < -0.4 is 16.0 Å². The van der Waals surface area contributed by atoms with Crippen molar-refractivity contribution >= 4 is 10.0 Å². The van der Waals surface area contributed by atoms with Crippen LogP contribution in [0.1, 0.15) is 32.1 Å². The monoisotopic (exact) mass is 315 g/mol. The summed E-state index contributed by atoms with van der Waals surface area (Å²) >= 11 is 0. The number of hydrogen-bond donors (Lipinski definition) is 2. The van der Waals surface area contributed by atoms with Crippen molar-refractivity contribution in [2.24, 2.45) is 5.92 Å². The van der Waals surface area contributed by atoms with E-state index in [2.05, 4.69) is 9.71 Å². The van der Waals surface area contributed by atoms with Crippen LogP contribution in [0.4, 0.5) is 0 Å². The number of aromatic amines is 1. The van der Waals surface area contributed by atoms with E-state index in [1.54, 1.807) is 0 Å². The number of rotatable bonds is 6. The Morgan fingerprint density at radius 2 is 1.95 bits per heavy atom. The van der Waals surface area contributed by atoms with Gasteiger partial charge in [-0.05, 0) is 18.8 Å². The quantitative estimate of drug-likeness (QED) is 0.773. The fourth-order valence-corrected chi connectivity index (χ4v) is 4.14. The standard InChI is InChI=1S/C13H21N3O4S/c17-12-6-8-16(13(18)15-12)9-7-14-21(19,20)10-11-4-2-1-3-5-11/h6,8,11,14H,1-5,7,9-10H2,(H,15,17,18). The molecular formula is C13H21N3O4S. The molecule has 2 N–H and O–H groups in total. The van der Waals surface area contributed by atoms with Gasteiger partial charge in [0, 0.05) is 25.4 Å². The summed E-state index contributed by atoms with van der Waals surface area (Å²) in [5.74, 6) is 0.403. The van der Waals surface area contributed by atoms with E-state index in [0.29, 0.717) is 0 Å². The number of hydrogen-bond acceptors (Lipinski definition) is 4. The van der Waals surface area contributed by atoms with Gasteiger partial charge in [-0.15, -0.1) is 0 Å².